The summed E-state index contributed by atoms with van der Waals surface area (Å²) in [5.41, 5.74) is 2.81. The van der Waals surface area contributed by atoms with Crippen LogP contribution in [0, 0.1) is 0 Å². The van der Waals surface area contributed by atoms with E-state index >= 15 is 0 Å². The summed E-state index contributed by atoms with van der Waals surface area (Å²) in [4.78, 5) is 13.2. The standard InChI is InChI=1S/C50H46BrF3O5/c1-6-8-10-14-42(55)58-41-13-11-12-36-44-38(29-40(51)45(36)41)43-35-24-19-32(50(52,53)54)28-39(35)48(3,4)46(43)37-25-26-49(59-47(37)44,30-15-20-33(56-5)21-16-30)31-17-22-34(23-18-31)57-27-9-7-2/h11-13,15-26,28-29H,6-10,14,27H2,1-5H3. The molecule has 1 aliphatic carbocycles. The van der Waals surface area contributed by atoms with Crippen LogP contribution in [0.25, 0.3) is 38.7 Å². The van der Waals surface area contributed by atoms with Crippen LogP contribution < -0.4 is 18.9 Å². The Labute approximate surface area is 351 Å². The predicted molar refractivity (Wildman–Crippen MR) is 232 cm³/mol. The van der Waals surface area contributed by atoms with Gasteiger partial charge in [0.05, 0.1) is 19.3 Å². The summed E-state index contributed by atoms with van der Waals surface area (Å²) in [6.07, 6.45) is 4.50. The minimum Gasteiger partial charge on any atom is -0.497 e. The Kier molecular flexibility index (Phi) is 10.8. The van der Waals surface area contributed by atoms with Gasteiger partial charge in [-0.05, 0) is 116 Å². The van der Waals surface area contributed by atoms with E-state index in [1.165, 1.54) is 6.07 Å². The quantitative estimate of drug-likeness (QED) is 0.0531. The highest BCUT2D eigenvalue weighted by Crippen LogP contribution is 2.60. The Morgan fingerprint density at radius 1 is 0.814 bits per heavy atom. The fourth-order valence-corrected chi connectivity index (χ4v) is 9.41. The second-order valence-electron chi connectivity index (χ2n) is 15.9. The first-order valence-electron chi connectivity index (χ1n) is 20.3. The molecule has 0 aromatic heterocycles. The van der Waals surface area contributed by atoms with Crippen LogP contribution in [-0.2, 0) is 22.0 Å². The first-order valence-corrected chi connectivity index (χ1v) is 21.1. The number of halogens is 4. The number of carbonyl (C=O) groups is 1. The van der Waals surface area contributed by atoms with Crippen LogP contribution in [0.1, 0.15) is 99.6 Å². The number of methoxy groups -OCH3 is 1. The zero-order valence-electron chi connectivity index (χ0n) is 33.8. The molecular formula is C50H46BrF3O5. The van der Waals surface area contributed by atoms with Gasteiger partial charge in [0.2, 0.25) is 0 Å². The van der Waals surface area contributed by atoms with Gasteiger partial charge in [-0.2, -0.15) is 13.2 Å². The van der Waals surface area contributed by atoms with Crippen molar-refractivity contribution in [3.8, 4) is 34.1 Å². The molecule has 1 atom stereocenters. The fourth-order valence-electron chi connectivity index (χ4n) is 8.77. The van der Waals surface area contributed by atoms with Crippen LogP contribution in [0.4, 0.5) is 13.2 Å². The Bertz CT molecular complexity index is 2610. The van der Waals surface area contributed by atoms with Gasteiger partial charge in [0, 0.05) is 43.8 Å². The average Bonchev–Trinajstić information content (AvgIpc) is 3.47. The number of hydrogen-bond donors (Lipinski definition) is 0. The van der Waals surface area contributed by atoms with Crippen molar-refractivity contribution in [2.45, 2.75) is 83.4 Å². The Balaban J connectivity index is 1.42. The van der Waals surface area contributed by atoms with E-state index in [0.717, 1.165) is 93.5 Å². The van der Waals surface area contributed by atoms with Crippen molar-refractivity contribution in [2.75, 3.05) is 13.7 Å². The molecule has 0 saturated heterocycles. The largest absolute Gasteiger partial charge is 0.497 e. The summed E-state index contributed by atoms with van der Waals surface area (Å²) in [5, 5.41) is 3.02. The summed E-state index contributed by atoms with van der Waals surface area (Å²) < 4.78 is 68.7. The van der Waals surface area contributed by atoms with Crippen LogP contribution in [0.2, 0.25) is 0 Å². The number of ether oxygens (including phenoxy) is 4. The smallest absolute Gasteiger partial charge is 0.416 e. The highest BCUT2D eigenvalue weighted by atomic mass is 79.9. The molecule has 5 nitrogen and oxygen atoms in total. The van der Waals surface area contributed by atoms with Crippen molar-refractivity contribution >= 4 is 49.5 Å². The lowest BCUT2D eigenvalue weighted by Gasteiger charge is -2.38. The summed E-state index contributed by atoms with van der Waals surface area (Å²) >= 11 is 3.85. The average molecular weight is 864 g/mol. The maximum Gasteiger partial charge on any atom is 0.416 e. The summed E-state index contributed by atoms with van der Waals surface area (Å²) in [6.45, 7) is 8.78. The minimum atomic E-state index is -4.51. The molecule has 2 aliphatic rings. The molecule has 8 rings (SSSR count). The maximum absolute atomic E-state index is 14.3. The highest BCUT2D eigenvalue weighted by molar-refractivity contribution is 9.10. The van der Waals surface area contributed by atoms with Crippen molar-refractivity contribution in [1.29, 1.82) is 0 Å². The number of unbranched alkanes of at least 4 members (excludes halogenated alkanes) is 3. The molecular weight excluding hydrogens is 817 g/mol. The lowest BCUT2D eigenvalue weighted by molar-refractivity contribution is -0.137. The second kappa shape index (κ2) is 15.7. The van der Waals surface area contributed by atoms with Gasteiger partial charge in [-0.15, -0.1) is 0 Å². The van der Waals surface area contributed by atoms with Crippen molar-refractivity contribution in [3.63, 3.8) is 0 Å². The van der Waals surface area contributed by atoms with Crippen LogP contribution in [0.15, 0.2) is 102 Å². The van der Waals surface area contributed by atoms with Gasteiger partial charge in [-0.3, -0.25) is 4.79 Å². The molecule has 0 saturated carbocycles. The van der Waals surface area contributed by atoms with Crippen LogP contribution >= 0.6 is 15.9 Å². The van der Waals surface area contributed by atoms with Gasteiger partial charge in [-0.1, -0.05) is 95.5 Å². The topological polar surface area (TPSA) is 54.0 Å². The predicted octanol–water partition coefficient (Wildman–Crippen LogP) is 14.1. The number of hydrogen-bond acceptors (Lipinski definition) is 5. The molecule has 0 bridgehead atoms. The van der Waals surface area contributed by atoms with Gasteiger partial charge in [0.25, 0.3) is 0 Å². The molecule has 6 aromatic rings. The van der Waals surface area contributed by atoms with Gasteiger partial charge >= 0.3 is 12.1 Å². The van der Waals surface area contributed by atoms with Gasteiger partial charge in [0.1, 0.15) is 23.0 Å². The molecule has 0 fully saturated rings. The van der Waals surface area contributed by atoms with Gasteiger partial charge < -0.3 is 18.9 Å². The molecule has 0 amide bonds. The van der Waals surface area contributed by atoms with E-state index < -0.39 is 22.8 Å². The zero-order chi connectivity index (χ0) is 41.7. The number of rotatable bonds is 12. The first kappa shape index (κ1) is 40.5. The van der Waals surface area contributed by atoms with Gasteiger partial charge in [0.15, 0.2) is 5.60 Å². The molecule has 9 heteroatoms. The zero-order valence-corrected chi connectivity index (χ0v) is 35.4. The van der Waals surface area contributed by atoms with Crippen LogP contribution in [0.5, 0.6) is 23.0 Å². The normalized spacial score (nSPS) is 16.4. The fraction of sp³-hybridized carbons (Fsp3) is 0.300. The Hall–Kier alpha value is -5.28. The highest BCUT2D eigenvalue weighted by Gasteiger charge is 2.46. The van der Waals surface area contributed by atoms with E-state index in [4.69, 9.17) is 18.9 Å². The van der Waals surface area contributed by atoms with Gasteiger partial charge in [-0.25, -0.2) is 0 Å². The Morgan fingerprint density at radius 3 is 2.17 bits per heavy atom. The second-order valence-corrected chi connectivity index (χ2v) is 16.7. The third-order valence-corrected chi connectivity index (χ3v) is 12.4. The minimum absolute atomic E-state index is 0.296. The summed E-state index contributed by atoms with van der Waals surface area (Å²) in [6, 6.07) is 27.4. The third-order valence-electron chi connectivity index (χ3n) is 11.8. The SMILES string of the molecule is CCCCCC(=O)Oc1cccc2c1c(Br)cc1c3c(c4c(c12)OC(c1ccc(OC)cc1)(c1ccc(OCCCC)cc1)C=C4)C(C)(C)c1cc(C(F)(F)F)ccc1-3. The van der Waals surface area contributed by atoms with Crippen molar-refractivity contribution in [1.82, 2.24) is 0 Å². The number of carbonyl (C=O) groups excluding carboxylic acids is 1. The van der Waals surface area contributed by atoms with E-state index in [9.17, 15) is 18.0 Å². The van der Waals surface area contributed by atoms with E-state index in [1.807, 2.05) is 86.7 Å². The molecule has 1 heterocycles. The van der Waals surface area contributed by atoms with E-state index in [2.05, 4.69) is 35.9 Å². The molecule has 0 spiro atoms. The monoisotopic (exact) mass is 862 g/mol. The molecule has 1 aliphatic heterocycles. The first-order chi connectivity index (χ1) is 28.3. The van der Waals surface area contributed by atoms with Crippen molar-refractivity contribution in [3.05, 3.63) is 135 Å². The van der Waals surface area contributed by atoms with Crippen molar-refractivity contribution in [2.24, 2.45) is 0 Å². The molecule has 0 N–H and O–H groups in total. The lowest BCUT2D eigenvalue weighted by atomic mass is 9.76. The Morgan fingerprint density at radius 2 is 1.51 bits per heavy atom. The molecule has 0 radical (unpaired) electrons. The number of fused-ring (bicyclic) bond motifs is 10. The molecule has 59 heavy (non-hydrogen) atoms. The number of esters is 1. The summed E-state index contributed by atoms with van der Waals surface area (Å²) in [7, 11) is 1.62. The molecule has 1 unspecified atom stereocenters. The molecule has 6 aromatic carbocycles. The number of alkyl halides is 3. The molecule has 304 valence electrons. The maximum atomic E-state index is 14.3. The van der Waals surface area contributed by atoms with Crippen LogP contribution in [0.3, 0.4) is 0 Å². The summed E-state index contributed by atoms with van der Waals surface area (Å²) in [5.74, 6) is 2.11. The van der Waals surface area contributed by atoms with E-state index in [1.54, 1.807) is 19.2 Å². The number of benzene rings is 6. The van der Waals surface area contributed by atoms with E-state index in [0.29, 0.717) is 45.7 Å². The third kappa shape index (κ3) is 7.05. The lowest BCUT2D eigenvalue weighted by Crippen LogP contribution is -2.35. The van der Waals surface area contributed by atoms with Crippen molar-refractivity contribution < 1.29 is 36.9 Å². The van der Waals surface area contributed by atoms with Crippen LogP contribution in [-0.4, -0.2) is 19.7 Å². The van der Waals surface area contributed by atoms with E-state index in [-0.39, 0.29) is 5.97 Å².